The van der Waals surface area contributed by atoms with E-state index in [1.807, 2.05) is 18.2 Å². The minimum atomic E-state index is -0.133. The van der Waals surface area contributed by atoms with Gasteiger partial charge in [0.05, 0.1) is 0 Å². The Labute approximate surface area is 133 Å². The van der Waals surface area contributed by atoms with Crippen molar-refractivity contribution in [2.24, 2.45) is 16.6 Å². The third kappa shape index (κ3) is 2.93. The highest BCUT2D eigenvalue weighted by Gasteiger charge is 2.51. The first-order chi connectivity index (χ1) is 9.60. The van der Waals surface area contributed by atoms with E-state index in [2.05, 4.69) is 27.7 Å². The van der Waals surface area contributed by atoms with Gasteiger partial charge in [-0.05, 0) is 48.3 Å². The van der Waals surface area contributed by atoms with Crippen LogP contribution in [0, 0.1) is 10.8 Å². The standard InChI is InChI=1S/C18H26ClNO/c1-16(2)9-17(3,4)11-18(10-16)8-14(20)13-7-12(19)5-6-15(13)21-18/h5-7,14H,8-11,20H2,1-4H3/t14-/m0/s1. The van der Waals surface area contributed by atoms with Gasteiger partial charge in [-0.3, -0.25) is 0 Å². The Balaban J connectivity index is 1.99. The van der Waals surface area contributed by atoms with Crippen molar-refractivity contribution in [1.82, 2.24) is 0 Å². The molecule has 1 aromatic rings. The molecule has 1 fully saturated rings. The van der Waals surface area contributed by atoms with Gasteiger partial charge < -0.3 is 10.5 Å². The summed E-state index contributed by atoms with van der Waals surface area (Å²) in [6.45, 7) is 9.40. The summed E-state index contributed by atoms with van der Waals surface area (Å²) < 4.78 is 6.52. The van der Waals surface area contributed by atoms with Gasteiger partial charge in [0.1, 0.15) is 11.4 Å². The second kappa shape index (κ2) is 4.63. The highest BCUT2D eigenvalue weighted by molar-refractivity contribution is 6.30. The van der Waals surface area contributed by atoms with Crippen molar-refractivity contribution in [1.29, 1.82) is 0 Å². The lowest BCUT2D eigenvalue weighted by Crippen LogP contribution is -2.52. The van der Waals surface area contributed by atoms with Gasteiger partial charge in [0.15, 0.2) is 0 Å². The molecular formula is C18H26ClNO. The minimum Gasteiger partial charge on any atom is -0.487 e. The van der Waals surface area contributed by atoms with Crippen LogP contribution in [-0.4, -0.2) is 5.60 Å². The summed E-state index contributed by atoms with van der Waals surface area (Å²) in [5.74, 6) is 0.923. The van der Waals surface area contributed by atoms with Crippen LogP contribution < -0.4 is 10.5 Å². The van der Waals surface area contributed by atoms with Gasteiger partial charge >= 0.3 is 0 Å². The number of nitrogens with two attached hydrogens (primary N) is 1. The van der Waals surface area contributed by atoms with E-state index in [1.54, 1.807) is 0 Å². The van der Waals surface area contributed by atoms with Gasteiger partial charge in [-0.2, -0.15) is 0 Å². The maximum Gasteiger partial charge on any atom is 0.125 e. The Bertz CT molecular complexity index is 548. The van der Waals surface area contributed by atoms with Crippen LogP contribution in [0.3, 0.4) is 0 Å². The fourth-order valence-corrected chi connectivity index (χ4v) is 5.31. The monoisotopic (exact) mass is 307 g/mol. The molecule has 1 aliphatic heterocycles. The van der Waals surface area contributed by atoms with E-state index >= 15 is 0 Å². The zero-order valence-electron chi connectivity index (χ0n) is 13.5. The summed E-state index contributed by atoms with van der Waals surface area (Å²) in [5.41, 5.74) is 7.94. The molecule has 1 atom stereocenters. The van der Waals surface area contributed by atoms with Crippen LogP contribution in [-0.2, 0) is 0 Å². The van der Waals surface area contributed by atoms with Gasteiger partial charge in [0.25, 0.3) is 0 Å². The first-order valence-corrected chi connectivity index (χ1v) is 8.22. The number of ether oxygens (including phenoxy) is 1. The second-order valence-corrected chi connectivity index (χ2v) is 9.07. The Hall–Kier alpha value is -0.730. The van der Waals surface area contributed by atoms with E-state index in [9.17, 15) is 0 Å². The van der Waals surface area contributed by atoms with Crippen molar-refractivity contribution in [3.8, 4) is 5.75 Å². The third-order valence-corrected chi connectivity index (χ3v) is 5.08. The molecule has 0 unspecified atom stereocenters. The summed E-state index contributed by atoms with van der Waals surface area (Å²) in [7, 11) is 0. The number of rotatable bonds is 0. The molecule has 3 heteroatoms. The van der Waals surface area contributed by atoms with Gasteiger partial charge in [-0.15, -0.1) is 0 Å². The third-order valence-electron chi connectivity index (χ3n) is 4.85. The highest BCUT2D eigenvalue weighted by atomic mass is 35.5. The molecule has 1 spiro atoms. The summed E-state index contributed by atoms with van der Waals surface area (Å²) in [5, 5.41) is 0.730. The number of hydrogen-bond acceptors (Lipinski definition) is 2. The normalized spacial score (nSPS) is 28.8. The molecule has 0 saturated heterocycles. The molecule has 1 heterocycles. The van der Waals surface area contributed by atoms with Gasteiger partial charge in [-0.1, -0.05) is 39.3 Å². The van der Waals surface area contributed by atoms with Crippen molar-refractivity contribution in [3.63, 3.8) is 0 Å². The maximum atomic E-state index is 6.52. The second-order valence-electron chi connectivity index (χ2n) is 8.64. The van der Waals surface area contributed by atoms with E-state index < -0.39 is 0 Å². The van der Waals surface area contributed by atoms with Crippen LogP contribution in [0.2, 0.25) is 5.02 Å². The van der Waals surface area contributed by atoms with Crippen molar-refractivity contribution in [3.05, 3.63) is 28.8 Å². The largest absolute Gasteiger partial charge is 0.487 e. The molecule has 21 heavy (non-hydrogen) atoms. The average molecular weight is 308 g/mol. The zero-order valence-corrected chi connectivity index (χ0v) is 14.3. The molecule has 0 bridgehead atoms. The van der Waals surface area contributed by atoms with Crippen molar-refractivity contribution >= 4 is 11.6 Å². The van der Waals surface area contributed by atoms with E-state index in [0.717, 1.165) is 35.6 Å². The summed E-state index contributed by atoms with van der Waals surface area (Å²) in [6.07, 6.45) is 4.25. The molecule has 1 saturated carbocycles. The van der Waals surface area contributed by atoms with Crippen molar-refractivity contribution in [2.75, 3.05) is 0 Å². The average Bonchev–Trinajstić information content (AvgIpc) is 2.25. The van der Waals surface area contributed by atoms with Gasteiger partial charge in [0, 0.05) is 23.0 Å². The Morgan fingerprint density at radius 3 is 2.33 bits per heavy atom. The molecule has 1 aliphatic carbocycles. The molecule has 2 N–H and O–H groups in total. The molecule has 3 rings (SSSR count). The lowest BCUT2D eigenvalue weighted by atomic mass is 9.58. The predicted molar refractivity (Wildman–Crippen MR) is 87.8 cm³/mol. The topological polar surface area (TPSA) is 35.2 Å². The minimum absolute atomic E-state index is 0.0112. The molecular weight excluding hydrogens is 282 g/mol. The maximum absolute atomic E-state index is 6.52. The fourth-order valence-electron chi connectivity index (χ4n) is 5.13. The van der Waals surface area contributed by atoms with Crippen molar-refractivity contribution in [2.45, 2.75) is 65.0 Å². The lowest BCUT2D eigenvalue weighted by Gasteiger charge is -2.54. The molecule has 0 radical (unpaired) electrons. The van der Waals surface area contributed by atoms with E-state index in [1.165, 1.54) is 6.42 Å². The summed E-state index contributed by atoms with van der Waals surface area (Å²) in [4.78, 5) is 0. The Morgan fingerprint density at radius 1 is 1.10 bits per heavy atom. The van der Waals surface area contributed by atoms with Crippen LogP contribution in [0.1, 0.15) is 65.0 Å². The lowest BCUT2D eigenvalue weighted by molar-refractivity contribution is -0.0839. The van der Waals surface area contributed by atoms with Crippen LogP contribution in [0.5, 0.6) is 5.75 Å². The molecule has 0 amide bonds. The smallest absolute Gasteiger partial charge is 0.125 e. The SMILES string of the molecule is CC1(C)CC(C)(C)CC2(C[C@H](N)c3cc(Cl)ccc3O2)C1. The predicted octanol–water partition coefficient (Wildman–Crippen LogP) is 5.10. The van der Waals surface area contributed by atoms with Crippen LogP contribution in [0.4, 0.5) is 0 Å². The molecule has 2 nitrogen and oxygen atoms in total. The molecule has 116 valence electrons. The first kappa shape index (κ1) is 15.2. The molecule has 1 aromatic carbocycles. The number of benzene rings is 1. The number of fused-ring (bicyclic) bond motifs is 1. The van der Waals surface area contributed by atoms with Crippen LogP contribution in [0.25, 0.3) is 0 Å². The quantitative estimate of drug-likeness (QED) is 0.724. The van der Waals surface area contributed by atoms with E-state index in [4.69, 9.17) is 22.1 Å². The molecule has 0 aromatic heterocycles. The summed E-state index contributed by atoms with van der Waals surface area (Å²) >= 11 is 6.10. The van der Waals surface area contributed by atoms with Gasteiger partial charge in [0.2, 0.25) is 0 Å². The van der Waals surface area contributed by atoms with Crippen molar-refractivity contribution < 1.29 is 4.74 Å². The van der Waals surface area contributed by atoms with E-state index in [-0.39, 0.29) is 22.5 Å². The number of hydrogen-bond donors (Lipinski definition) is 1. The first-order valence-electron chi connectivity index (χ1n) is 7.84. The number of halogens is 1. The van der Waals surface area contributed by atoms with Crippen LogP contribution >= 0.6 is 11.6 Å². The Kier molecular flexibility index (Phi) is 3.35. The van der Waals surface area contributed by atoms with E-state index in [0.29, 0.717) is 0 Å². The zero-order chi connectivity index (χ0) is 15.5. The molecule has 2 aliphatic rings. The fraction of sp³-hybridized carbons (Fsp3) is 0.667. The van der Waals surface area contributed by atoms with Gasteiger partial charge in [-0.25, -0.2) is 0 Å². The highest BCUT2D eigenvalue weighted by Crippen LogP contribution is 2.56. The van der Waals surface area contributed by atoms with Crippen LogP contribution in [0.15, 0.2) is 18.2 Å². The Morgan fingerprint density at radius 2 is 1.71 bits per heavy atom. The summed E-state index contributed by atoms with van der Waals surface area (Å²) in [6, 6.07) is 5.84.